The fraction of sp³-hybridized carbons (Fsp3) is 0.0741. The third-order valence-electron chi connectivity index (χ3n) is 5.22. The lowest BCUT2D eigenvalue weighted by Crippen LogP contribution is -2.23. The number of ether oxygens (including phenoxy) is 1. The van der Waals surface area contributed by atoms with Gasteiger partial charge in [-0.25, -0.2) is 12.8 Å². The Labute approximate surface area is 213 Å². The van der Waals surface area contributed by atoms with Crippen LogP contribution in [-0.2, 0) is 23.2 Å². The van der Waals surface area contributed by atoms with Gasteiger partial charge in [-0.3, -0.25) is 9.52 Å². The maximum absolute atomic E-state index is 13.0. The molecule has 0 bridgehead atoms. The average Bonchev–Trinajstić information content (AvgIpc) is 2.89. The molecule has 4 aromatic rings. The van der Waals surface area contributed by atoms with Crippen LogP contribution in [0.15, 0.2) is 102 Å². The predicted octanol–water partition coefficient (Wildman–Crippen LogP) is 5.79. The van der Waals surface area contributed by atoms with Crippen LogP contribution in [0.5, 0.6) is 5.75 Å². The molecular formula is C27H22ClFN2O4S. The van der Waals surface area contributed by atoms with E-state index in [1.54, 1.807) is 42.5 Å². The van der Waals surface area contributed by atoms with E-state index in [9.17, 15) is 17.6 Å². The third-order valence-corrected chi connectivity index (χ3v) is 6.92. The Morgan fingerprint density at radius 2 is 1.53 bits per heavy atom. The Morgan fingerprint density at radius 3 is 2.19 bits per heavy atom. The lowest BCUT2D eigenvalue weighted by molar-refractivity contribution is 0.0951. The van der Waals surface area contributed by atoms with Gasteiger partial charge in [-0.1, -0.05) is 54.1 Å². The Balaban J connectivity index is 1.31. The van der Waals surface area contributed by atoms with E-state index in [1.165, 1.54) is 42.5 Å². The summed E-state index contributed by atoms with van der Waals surface area (Å²) in [7, 11) is -3.80. The van der Waals surface area contributed by atoms with Crippen molar-refractivity contribution >= 4 is 33.2 Å². The van der Waals surface area contributed by atoms with Gasteiger partial charge in [0.15, 0.2) is 0 Å². The van der Waals surface area contributed by atoms with Crippen LogP contribution in [0.4, 0.5) is 10.1 Å². The molecule has 0 saturated carbocycles. The van der Waals surface area contributed by atoms with Crippen LogP contribution in [0.25, 0.3) is 0 Å². The fourth-order valence-corrected chi connectivity index (χ4v) is 4.66. The second-order valence-corrected chi connectivity index (χ2v) is 9.94. The van der Waals surface area contributed by atoms with E-state index >= 15 is 0 Å². The number of rotatable bonds is 9. The third kappa shape index (κ3) is 6.62. The number of nitrogens with one attached hydrogen (secondary N) is 2. The first-order chi connectivity index (χ1) is 17.3. The van der Waals surface area contributed by atoms with E-state index in [2.05, 4.69) is 10.0 Å². The van der Waals surface area contributed by atoms with Crippen molar-refractivity contribution in [2.75, 3.05) is 4.72 Å². The van der Waals surface area contributed by atoms with Crippen LogP contribution >= 0.6 is 11.6 Å². The molecule has 2 N–H and O–H groups in total. The average molecular weight is 525 g/mol. The summed E-state index contributed by atoms with van der Waals surface area (Å²) < 4.78 is 46.1. The summed E-state index contributed by atoms with van der Waals surface area (Å²) in [6, 6.07) is 25.6. The molecule has 0 aromatic heterocycles. The van der Waals surface area contributed by atoms with E-state index in [1.807, 2.05) is 12.1 Å². The van der Waals surface area contributed by atoms with Gasteiger partial charge in [0.25, 0.3) is 15.9 Å². The van der Waals surface area contributed by atoms with Gasteiger partial charge in [0.2, 0.25) is 0 Å². The SMILES string of the molecule is O=C(NCc1ccc(OCc2ccc(F)cc2)cc1)c1ccc(NS(=O)(=O)c2ccccc2)c(Cl)c1. The molecule has 0 radical (unpaired) electrons. The summed E-state index contributed by atoms with van der Waals surface area (Å²) in [6.45, 7) is 0.589. The molecule has 4 rings (SSSR count). The monoisotopic (exact) mass is 524 g/mol. The number of hydrogen-bond acceptors (Lipinski definition) is 4. The number of anilines is 1. The highest BCUT2D eigenvalue weighted by Crippen LogP contribution is 2.26. The van der Waals surface area contributed by atoms with E-state index in [0.717, 1.165) is 11.1 Å². The molecule has 4 aromatic carbocycles. The minimum atomic E-state index is -3.80. The number of sulfonamides is 1. The first kappa shape index (κ1) is 25.2. The Kier molecular flexibility index (Phi) is 7.87. The van der Waals surface area contributed by atoms with Crippen molar-refractivity contribution in [2.45, 2.75) is 18.0 Å². The summed E-state index contributed by atoms with van der Waals surface area (Å²) in [5.74, 6) is -0.00300. The zero-order chi connectivity index (χ0) is 25.5. The standard InChI is InChI=1S/C27H22ClFN2O4S/c28-25-16-21(10-15-26(25)31-36(33,34)24-4-2-1-3-5-24)27(32)30-17-19-8-13-23(14-9-19)35-18-20-6-11-22(29)12-7-20/h1-16,31H,17-18H2,(H,30,32). The molecule has 0 heterocycles. The van der Waals surface area contributed by atoms with Gasteiger partial charge in [0.05, 0.1) is 15.6 Å². The van der Waals surface area contributed by atoms with Gasteiger partial charge >= 0.3 is 0 Å². The number of hydrogen-bond donors (Lipinski definition) is 2. The van der Waals surface area contributed by atoms with E-state index < -0.39 is 10.0 Å². The number of halogens is 2. The molecule has 0 aliphatic carbocycles. The van der Waals surface area contributed by atoms with Crippen LogP contribution < -0.4 is 14.8 Å². The molecule has 9 heteroatoms. The first-order valence-corrected chi connectivity index (χ1v) is 12.8. The lowest BCUT2D eigenvalue weighted by Gasteiger charge is -2.11. The smallest absolute Gasteiger partial charge is 0.261 e. The maximum Gasteiger partial charge on any atom is 0.261 e. The predicted molar refractivity (Wildman–Crippen MR) is 137 cm³/mol. The summed E-state index contributed by atoms with van der Waals surface area (Å²) >= 11 is 6.24. The molecule has 184 valence electrons. The Bertz CT molecular complexity index is 1450. The molecule has 0 fully saturated rings. The van der Waals surface area contributed by atoms with Crippen molar-refractivity contribution in [1.82, 2.24) is 5.32 Å². The van der Waals surface area contributed by atoms with Crippen molar-refractivity contribution in [1.29, 1.82) is 0 Å². The van der Waals surface area contributed by atoms with Gasteiger partial charge in [0, 0.05) is 12.1 Å². The van der Waals surface area contributed by atoms with E-state index in [-0.39, 0.29) is 33.9 Å². The quantitative estimate of drug-likeness (QED) is 0.290. The molecule has 36 heavy (non-hydrogen) atoms. The molecule has 0 aliphatic rings. The lowest BCUT2D eigenvalue weighted by atomic mass is 10.1. The molecule has 0 saturated heterocycles. The normalized spacial score (nSPS) is 11.1. The van der Waals surface area contributed by atoms with Gasteiger partial charge in [-0.15, -0.1) is 0 Å². The van der Waals surface area contributed by atoms with Gasteiger partial charge in [-0.2, -0.15) is 0 Å². The van der Waals surface area contributed by atoms with Crippen LogP contribution in [-0.4, -0.2) is 14.3 Å². The van der Waals surface area contributed by atoms with Crippen molar-refractivity contribution in [3.8, 4) is 5.75 Å². The first-order valence-electron chi connectivity index (χ1n) is 10.9. The topological polar surface area (TPSA) is 84.5 Å². The number of amides is 1. The molecule has 6 nitrogen and oxygen atoms in total. The van der Waals surface area contributed by atoms with Gasteiger partial charge < -0.3 is 10.1 Å². The van der Waals surface area contributed by atoms with Gasteiger partial charge in [-0.05, 0) is 65.7 Å². The molecule has 1 amide bonds. The number of carbonyl (C=O) groups excluding carboxylic acids is 1. The molecule has 0 aliphatic heterocycles. The van der Waals surface area contributed by atoms with E-state index in [4.69, 9.17) is 16.3 Å². The van der Waals surface area contributed by atoms with Crippen LogP contribution in [0.1, 0.15) is 21.5 Å². The number of benzene rings is 4. The van der Waals surface area contributed by atoms with Crippen molar-refractivity contribution in [2.24, 2.45) is 0 Å². The number of carbonyl (C=O) groups is 1. The van der Waals surface area contributed by atoms with Crippen LogP contribution in [0.2, 0.25) is 5.02 Å². The largest absolute Gasteiger partial charge is 0.489 e. The van der Waals surface area contributed by atoms with Crippen molar-refractivity contribution in [3.63, 3.8) is 0 Å². The highest BCUT2D eigenvalue weighted by atomic mass is 35.5. The van der Waals surface area contributed by atoms with Crippen LogP contribution in [0.3, 0.4) is 0 Å². The zero-order valence-electron chi connectivity index (χ0n) is 18.9. The Hall–Kier alpha value is -3.88. The maximum atomic E-state index is 13.0. The summed E-state index contributed by atoms with van der Waals surface area (Å²) in [5.41, 5.74) is 2.18. The highest BCUT2D eigenvalue weighted by molar-refractivity contribution is 7.92. The second-order valence-electron chi connectivity index (χ2n) is 7.85. The molecule has 0 atom stereocenters. The molecular weight excluding hydrogens is 503 g/mol. The summed E-state index contributed by atoms with van der Waals surface area (Å²) in [6.07, 6.45) is 0. The summed E-state index contributed by atoms with van der Waals surface area (Å²) in [5, 5.41) is 2.91. The minimum Gasteiger partial charge on any atom is -0.489 e. The fourth-order valence-electron chi connectivity index (χ4n) is 3.28. The Morgan fingerprint density at radius 1 is 0.861 bits per heavy atom. The second kappa shape index (κ2) is 11.2. The van der Waals surface area contributed by atoms with Crippen molar-refractivity contribution in [3.05, 3.63) is 125 Å². The van der Waals surface area contributed by atoms with Gasteiger partial charge in [0.1, 0.15) is 18.2 Å². The van der Waals surface area contributed by atoms with Crippen molar-refractivity contribution < 1.29 is 22.3 Å². The highest BCUT2D eigenvalue weighted by Gasteiger charge is 2.16. The minimum absolute atomic E-state index is 0.102. The van der Waals surface area contributed by atoms with E-state index in [0.29, 0.717) is 17.9 Å². The molecule has 0 unspecified atom stereocenters. The van der Waals surface area contributed by atoms with Crippen LogP contribution in [0, 0.1) is 5.82 Å². The summed E-state index contributed by atoms with van der Waals surface area (Å²) in [4.78, 5) is 12.7. The zero-order valence-corrected chi connectivity index (χ0v) is 20.5. The molecule has 0 spiro atoms.